The van der Waals surface area contributed by atoms with Crippen molar-refractivity contribution in [3.05, 3.63) is 34.8 Å². The van der Waals surface area contributed by atoms with Crippen molar-refractivity contribution in [3.63, 3.8) is 0 Å². The second kappa shape index (κ2) is 5.98. The van der Waals surface area contributed by atoms with E-state index in [9.17, 15) is 13.6 Å². The number of benzene rings is 1. The van der Waals surface area contributed by atoms with Crippen molar-refractivity contribution < 1.29 is 28.2 Å². The zero-order valence-corrected chi connectivity index (χ0v) is 12.0. The molecule has 0 spiro atoms. The molecule has 8 heteroatoms. The van der Waals surface area contributed by atoms with Crippen molar-refractivity contribution in [1.82, 2.24) is 4.98 Å². The number of hydrogen-bond donors (Lipinski definition) is 1. The first-order valence-electron chi connectivity index (χ1n) is 6.47. The van der Waals surface area contributed by atoms with Gasteiger partial charge in [0.25, 0.3) is 0 Å². The average molecular weight is 327 g/mol. The van der Waals surface area contributed by atoms with E-state index in [4.69, 9.17) is 14.6 Å². The third kappa shape index (κ3) is 2.93. The molecule has 1 aliphatic rings. The molecule has 116 valence electrons. The van der Waals surface area contributed by atoms with Crippen LogP contribution in [0.1, 0.15) is 16.9 Å². The number of rotatable bonds is 4. The summed E-state index contributed by atoms with van der Waals surface area (Å²) in [7, 11) is 0. The van der Waals surface area contributed by atoms with Crippen LogP contribution in [0, 0.1) is 11.6 Å². The molecule has 0 saturated carbocycles. The molecule has 1 N–H and O–H groups in total. The van der Waals surface area contributed by atoms with Crippen LogP contribution >= 0.6 is 11.3 Å². The second-order valence-electron chi connectivity index (χ2n) is 4.71. The van der Waals surface area contributed by atoms with Crippen LogP contribution in [0.5, 0.6) is 5.75 Å². The molecule has 22 heavy (non-hydrogen) atoms. The van der Waals surface area contributed by atoms with Crippen LogP contribution in [0.2, 0.25) is 0 Å². The number of ether oxygens (including phenoxy) is 2. The van der Waals surface area contributed by atoms with Gasteiger partial charge in [-0.2, -0.15) is 0 Å². The Hall–Kier alpha value is -2.06. The predicted molar refractivity (Wildman–Crippen MR) is 74.3 cm³/mol. The molecule has 0 amide bonds. The molecule has 0 radical (unpaired) electrons. The van der Waals surface area contributed by atoms with Gasteiger partial charge in [-0.1, -0.05) is 0 Å². The highest BCUT2D eigenvalue weighted by Gasteiger charge is 2.22. The summed E-state index contributed by atoms with van der Waals surface area (Å²) in [6.45, 7) is 0.949. The Kier molecular flexibility index (Phi) is 4.04. The second-order valence-corrected chi connectivity index (χ2v) is 5.57. The summed E-state index contributed by atoms with van der Waals surface area (Å²) in [5.74, 6) is -2.87. The molecule has 2 heterocycles. The maximum Gasteiger partial charge on any atom is 0.355 e. The molecule has 1 aromatic carbocycles. The van der Waals surface area contributed by atoms with E-state index in [0.29, 0.717) is 19.6 Å². The third-order valence-corrected chi connectivity index (χ3v) is 4.00. The Morgan fingerprint density at radius 1 is 1.41 bits per heavy atom. The summed E-state index contributed by atoms with van der Waals surface area (Å²) >= 11 is 0.865. The molecule has 3 rings (SSSR count). The monoisotopic (exact) mass is 327 g/mol. The minimum Gasteiger partial charge on any atom is -0.488 e. The minimum absolute atomic E-state index is 0.0249. The minimum atomic E-state index is -1.25. The molecule has 1 aliphatic heterocycles. The van der Waals surface area contributed by atoms with Gasteiger partial charge in [-0.05, 0) is 0 Å². The largest absolute Gasteiger partial charge is 0.488 e. The third-order valence-electron chi connectivity index (χ3n) is 3.14. The van der Waals surface area contributed by atoms with Crippen LogP contribution < -0.4 is 4.74 Å². The lowest BCUT2D eigenvalue weighted by molar-refractivity contribution is 0.0691. The van der Waals surface area contributed by atoms with Crippen molar-refractivity contribution in [2.24, 2.45) is 0 Å². The summed E-state index contributed by atoms with van der Waals surface area (Å²) in [5.41, 5.74) is -0.602. The molecule has 1 atom stereocenters. The Bertz CT molecular complexity index is 690. The lowest BCUT2D eigenvalue weighted by Crippen LogP contribution is -2.16. The van der Waals surface area contributed by atoms with Crippen molar-refractivity contribution in [3.8, 4) is 16.3 Å². The van der Waals surface area contributed by atoms with E-state index in [0.717, 1.165) is 23.5 Å². The summed E-state index contributed by atoms with van der Waals surface area (Å²) in [6.07, 6.45) is 0.447. The van der Waals surface area contributed by atoms with E-state index in [-0.39, 0.29) is 28.1 Å². The molecule has 0 aliphatic carbocycles. The quantitative estimate of drug-likeness (QED) is 0.935. The molecular weight excluding hydrogens is 316 g/mol. The zero-order valence-electron chi connectivity index (χ0n) is 11.2. The number of halogens is 2. The number of aromatic nitrogens is 1. The van der Waals surface area contributed by atoms with E-state index >= 15 is 0 Å². The fourth-order valence-corrected chi connectivity index (χ4v) is 2.95. The van der Waals surface area contributed by atoms with E-state index < -0.39 is 17.6 Å². The normalized spacial score (nSPS) is 17.6. The first kappa shape index (κ1) is 14.9. The van der Waals surface area contributed by atoms with Crippen molar-refractivity contribution in [1.29, 1.82) is 0 Å². The maximum atomic E-state index is 14.1. The van der Waals surface area contributed by atoms with Crippen molar-refractivity contribution >= 4 is 17.3 Å². The van der Waals surface area contributed by atoms with Crippen molar-refractivity contribution in [2.45, 2.75) is 12.5 Å². The van der Waals surface area contributed by atoms with Gasteiger partial charge in [-0.25, -0.2) is 18.6 Å². The molecule has 5 nitrogen and oxygen atoms in total. The molecule has 1 saturated heterocycles. The highest BCUT2D eigenvalue weighted by molar-refractivity contribution is 7.13. The lowest BCUT2D eigenvalue weighted by Gasteiger charge is -2.13. The highest BCUT2D eigenvalue weighted by atomic mass is 32.1. The van der Waals surface area contributed by atoms with Gasteiger partial charge < -0.3 is 14.6 Å². The van der Waals surface area contributed by atoms with Crippen LogP contribution in [0.3, 0.4) is 0 Å². The molecule has 1 aromatic heterocycles. The van der Waals surface area contributed by atoms with Gasteiger partial charge in [-0.3, -0.25) is 0 Å². The predicted octanol–water partition coefficient (Wildman–Crippen LogP) is 2.95. The molecule has 0 unspecified atom stereocenters. The van der Waals surface area contributed by atoms with Gasteiger partial charge in [-0.15, -0.1) is 11.3 Å². The highest BCUT2D eigenvalue weighted by Crippen LogP contribution is 2.32. The zero-order chi connectivity index (χ0) is 15.7. The van der Waals surface area contributed by atoms with Gasteiger partial charge in [0.2, 0.25) is 0 Å². The summed E-state index contributed by atoms with van der Waals surface area (Å²) in [4.78, 5) is 14.5. The number of thiazole rings is 1. The number of nitrogens with zero attached hydrogens (tertiary/aromatic N) is 1. The van der Waals surface area contributed by atoms with Crippen LogP contribution in [0.25, 0.3) is 10.6 Å². The Balaban J connectivity index is 1.89. The summed E-state index contributed by atoms with van der Waals surface area (Å²) < 4.78 is 38.9. The van der Waals surface area contributed by atoms with Crippen LogP contribution in [-0.4, -0.2) is 35.4 Å². The topological polar surface area (TPSA) is 68.7 Å². The number of carboxylic acid groups (broad SMARTS) is 1. The van der Waals surface area contributed by atoms with E-state index in [1.54, 1.807) is 0 Å². The van der Waals surface area contributed by atoms with Gasteiger partial charge in [0.15, 0.2) is 5.69 Å². The van der Waals surface area contributed by atoms with Gasteiger partial charge in [0.05, 0.1) is 18.8 Å². The van der Waals surface area contributed by atoms with Gasteiger partial charge >= 0.3 is 5.97 Å². The van der Waals surface area contributed by atoms with E-state index in [1.165, 1.54) is 5.38 Å². The molecular formula is C14H11F2NO4S. The Labute approximate surface area is 128 Å². The Morgan fingerprint density at radius 2 is 2.14 bits per heavy atom. The molecule has 1 fully saturated rings. The summed E-state index contributed by atoms with van der Waals surface area (Å²) in [6, 6.07) is 2.14. The first-order valence-corrected chi connectivity index (χ1v) is 7.35. The van der Waals surface area contributed by atoms with Gasteiger partial charge in [0, 0.05) is 23.9 Å². The lowest BCUT2D eigenvalue weighted by atomic mass is 10.2. The number of hydrogen-bond acceptors (Lipinski definition) is 5. The Morgan fingerprint density at radius 3 is 2.68 bits per heavy atom. The van der Waals surface area contributed by atoms with Crippen molar-refractivity contribution in [2.75, 3.05) is 13.2 Å². The SMILES string of the molecule is O=C(O)c1csc(-c2c(F)cc(O[C@H]3CCOC3)cc2F)n1. The summed E-state index contributed by atoms with van der Waals surface area (Å²) in [5, 5.41) is 10.0. The van der Waals surface area contributed by atoms with Crippen LogP contribution in [0.4, 0.5) is 8.78 Å². The standard InChI is InChI=1S/C14H11F2NO4S/c15-9-3-8(21-7-1-2-20-5-7)4-10(16)12(9)13-17-11(6-22-13)14(18)19/h3-4,6-7H,1-2,5H2,(H,18,19)/t7-/m0/s1. The average Bonchev–Trinajstić information content (AvgIpc) is 3.09. The number of carbonyl (C=O) groups is 1. The molecule has 2 aromatic rings. The van der Waals surface area contributed by atoms with E-state index in [1.807, 2.05) is 0 Å². The van der Waals surface area contributed by atoms with E-state index in [2.05, 4.69) is 4.98 Å². The smallest absolute Gasteiger partial charge is 0.355 e. The fraction of sp³-hybridized carbons (Fsp3) is 0.286. The fourth-order valence-electron chi connectivity index (χ4n) is 2.11. The number of aromatic carboxylic acids is 1. The maximum absolute atomic E-state index is 14.1. The number of carboxylic acids is 1. The first-order chi connectivity index (χ1) is 10.5. The van der Waals surface area contributed by atoms with Crippen LogP contribution in [0.15, 0.2) is 17.5 Å². The van der Waals surface area contributed by atoms with Gasteiger partial charge in [0.1, 0.15) is 28.5 Å². The van der Waals surface area contributed by atoms with Crippen LogP contribution in [-0.2, 0) is 4.74 Å². The molecule has 0 bridgehead atoms.